The highest BCUT2D eigenvalue weighted by atomic mass is 16.5. The van der Waals surface area contributed by atoms with Crippen LogP contribution in [-0.2, 0) is 16.0 Å². The third kappa shape index (κ3) is 5.49. The maximum Gasteiger partial charge on any atom is 0.359 e. The highest BCUT2D eigenvalue weighted by Crippen LogP contribution is 2.27. The number of amides is 1. The molecule has 1 heterocycles. The fourth-order valence-electron chi connectivity index (χ4n) is 3.34. The molecule has 9 nitrogen and oxygen atoms in total. The van der Waals surface area contributed by atoms with Crippen LogP contribution in [0.3, 0.4) is 0 Å². The molecule has 3 aromatic rings. The predicted octanol–water partition coefficient (Wildman–Crippen LogP) is 2.51. The molecule has 0 aliphatic carbocycles. The molecular weight excluding hydrogens is 426 g/mol. The van der Waals surface area contributed by atoms with Crippen LogP contribution >= 0.6 is 0 Å². The van der Waals surface area contributed by atoms with Crippen molar-refractivity contribution in [2.45, 2.75) is 26.3 Å². The summed E-state index contributed by atoms with van der Waals surface area (Å²) in [6, 6.07) is 12.0. The van der Waals surface area contributed by atoms with Crippen molar-refractivity contribution < 1.29 is 23.8 Å². The van der Waals surface area contributed by atoms with Gasteiger partial charge in [-0.15, -0.1) is 0 Å². The van der Waals surface area contributed by atoms with Gasteiger partial charge in [0.25, 0.3) is 11.5 Å². The lowest BCUT2D eigenvalue weighted by Crippen LogP contribution is -2.31. The minimum absolute atomic E-state index is 0.00275. The van der Waals surface area contributed by atoms with Crippen LogP contribution < -0.4 is 20.3 Å². The van der Waals surface area contributed by atoms with Crippen LogP contribution in [0.5, 0.6) is 11.5 Å². The minimum atomic E-state index is -0.768. The molecule has 1 N–H and O–H groups in total. The molecule has 9 heteroatoms. The number of rotatable bonds is 9. The van der Waals surface area contributed by atoms with Crippen LogP contribution in [0.15, 0.2) is 47.3 Å². The van der Waals surface area contributed by atoms with Gasteiger partial charge in [0.1, 0.15) is 0 Å². The number of fused-ring (bicyclic) bond motifs is 1. The highest BCUT2D eigenvalue weighted by molar-refractivity contribution is 6.02. The molecule has 0 radical (unpaired) electrons. The van der Waals surface area contributed by atoms with Gasteiger partial charge in [0.05, 0.1) is 25.6 Å². The first kappa shape index (κ1) is 23.8. The molecular formula is C24H27N3O6. The summed E-state index contributed by atoms with van der Waals surface area (Å²) >= 11 is 0. The molecule has 0 spiro atoms. The van der Waals surface area contributed by atoms with E-state index in [4.69, 9.17) is 14.2 Å². The van der Waals surface area contributed by atoms with E-state index in [1.807, 2.05) is 12.1 Å². The van der Waals surface area contributed by atoms with E-state index in [0.717, 1.165) is 5.56 Å². The van der Waals surface area contributed by atoms with Crippen molar-refractivity contribution in [3.63, 3.8) is 0 Å². The molecule has 0 unspecified atom stereocenters. The number of esters is 1. The molecule has 174 valence electrons. The van der Waals surface area contributed by atoms with Gasteiger partial charge in [0.15, 0.2) is 23.8 Å². The lowest BCUT2D eigenvalue weighted by atomic mass is 10.1. The zero-order valence-corrected chi connectivity index (χ0v) is 19.1. The number of carbonyl (C=O) groups excluding carboxylic acids is 2. The Morgan fingerprint density at radius 1 is 1.03 bits per heavy atom. The Hall–Kier alpha value is -3.88. The smallest absolute Gasteiger partial charge is 0.359 e. The Morgan fingerprint density at radius 2 is 1.73 bits per heavy atom. The van der Waals surface area contributed by atoms with E-state index in [1.54, 1.807) is 58.4 Å². The SMILES string of the molecule is COc1ccc(CCNC(=O)COC(=O)c2nn(C(C)C)c(=O)c3ccccc23)cc1OC. The number of methoxy groups -OCH3 is 2. The van der Waals surface area contributed by atoms with Crippen LogP contribution in [0.4, 0.5) is 0 Å². The van der Waals surface area contributed by atoms with Crippen molar-refractivity contribution in [1.82, 2.24) is 15.1 Å². The lowest BCUT2D eigenvalue weighted by molar-refractivity contribution is -0.124. The Morgan fingerprint density at radius 3 is 2.39 bits per heavy atom. The largest absolute Gasteiger partial charge is 0.493 e. The van der Waals surface area contributed by atoms with Crippen LogP contribution in [-0.4, -0.2) is 49.0 Å². The molecule has 0 fully saturated rings. The molecule has 33 heavy (non-hydrogen) atoms. The molecule has 1 aromatic heterocycles. The molecule has 0 atom stereocenters. The van der Waals surface area contributed by atoms with Crippen molar-refractivity contribution in [1.29, 1.82) is 0 Å². The summed E-state index contributed by atoms with van der Waals surface area (Å²) in [7, 11) is 3.12. The van der Waals surface area contributed by atoms with E-state index in [1.165, 1.54) is 4.68 Å². The molecule has 0 saturated heterocycles. The second kappa shape index (κ2) is 10.6. The van der Waals surface area contributed by atoms with E-state index < -0.39 is 18.5 Å². The second-order valence-corrected chi connectivity index (χ2v) is 7.60. The van der Waals surface area contributed by atoms with Crippen molar-refractivity contribution in [3.05, 3.63) is 64.1 Å². The van der Waals surface area contributed by atoms with Crippen molar-refractivity contribution in [3.8, 4) is 11.5 Å². The van der Waals surface area contributed by atoms with Crippen LogP contribution in [0, 0.1) is 0 Å². The zero-order chi connectivity index (χ0) is 24.0. The summed E-state index contributed by atoms with van der Waals surface area (Å²) < 4.78 is 16.9. The van der Waals surface area contributed by atoms with Gasteiger partial charge >= 0.3 is 5.97 Å². The Bertz CT molecular complexity index is 1220. The summed E-state index contributed by atoms with van der Waals surface area (Å²) in [5.41, 5.74) is 0.665. The van der Waals surface area contributed by atoms with E-state index >= 15 is 0 Å². The Balaban J connectivity index is 1.61. The molecule has 0 aliphatic heterocycles. The van der Waals surface area contributed by atoms with Crippen LogP contribution in [0.1, 0.15) is 35.9 Å². The number of hydrogen-bond donors (Lipinski definition) is 1. The molecule has 0 saturated carbocycles. The number of aromatic nitrogens is 2. The fraction of sp³-hybridized carbons (Fsp3) is 0.333. The second-order valence-electron chi connectivity index (χ2n) is 7.60. The van der Waals surface area contributed by atoms with Gasteiger partial charge in [-0.25, -0.2) is 9.48 Å². The first-order valence-electron chi connectivity index (χ1n) is 10.5. The minimum Gasteiger partial charge on any atom is -0.493 e. The van der Waals surface area contributed by atoms with Gasteiger partial charge in [0, 0.05) is 11.9 Å². The molecule has 3 rings (SSSR count). The maximum absolute atomic E-state index is 12.7. The Labute approximate surface area is 191 Å². The summed E-state index contributed by atoms with van der Waals surface area (Å²) in [5, 5.41) is 7.66. The average molecular weight is 453 g/mol. The topological polar surface area (TPSA) is 109 Å². The van der Waals surface area contributed by atoms with Crippen molar-refractivity contribution >= 4 is 22.6 Å². The summed E-state index contributed by atoms with van der Waals surface area (Å²) in [6.45, 7) is 3.49. The van der Waals surface area contributed by atoms with E-state index in [-0.39, 0.29) is 17.3 Å². The molecule has 0 bridgehead atoms. The summed E-state index contributed by atoms with van der Waals surface area (Å²) in [4.78, 5) is 37.4. The molecule has 0 aliphatic rings. The first-order chi connectivity index (χ1) is 15.8. The van der Waals surface area contributed by atoms with Crippen LogP contribution in [0.25, 0.3) is 10.8 Å². The van der Waals surface area contributed by atoms with Gasteiger partial charge < -0.3 is 19.5 Å². The van der Waals surface area contributed by atoms with E-state index in [0.29, 0.717) is 35.2 Å². The number of benzene rings is 2. The van der Waals surface area contributed by atoms with Gasteiger partial charge in [-0.1, -0.05) is 24.3 Å². The zero-order valence-electron chi connectivity index (χ0n) is 19.1. The van der Waals surface area contributed by atoms with Gasteiger partial charge in [0.2, 0.25) is 0 Å². The Kier molecular flexibility index (Phi) is 7.66. The van der Waals surface area contributed by atoms with E-state index in [9.17, 15) is 14.4 Å². The molecule has 1 amide bonds. The van der Waals surface area contributed by atoms with Crippen LogP contribution in [0.2, 0.25) is 0 Å². The standard InChI is InChI=1S/C24H27N3O6/c1-15(2)27-23(29)18-8-6-5-7-17(18)22(26-27)24(30)33-14-21(28)25-12-11-16-9-10-19(31-3)20(13-16)32-4/h5-10,13,15H,11-12,14H2,1-4H3,(H,25,28). The third-order valence-electron chi connectivity index (χ3n) is 5.03. The predicted molar refractivity (Wildman–Crippen MR) is 123 cm³/mol. The third-order valence-corrected chi connectivity index (χ3v) is 5.03. The van der Waals surface area contributed by atoms with Crippen molar-refractivity contribution in [2.75, 3.05) is 27.4 Å². The summed E-state index contributed by atoms with van der Waals surface area (Å²) in [6.07, 6.45) is 0.561. The molecule has 2 aromatic carbocycles. The summed E-state index contributed by atoms with van der Waals surface area (Å²) in [5.74, 6) is 0.0285. The maximum atomic E-state index is 12.7. The van der Waals surface area contributed by atoms with Gasteiger partial charge in [-0.3, -0.25) is 9.59 Å². The lowest BCUT2D eigenvalue weighted by Gasteiger charge is -2.13. The van der Waals surface area contributed by atoms with Crippen molar-refractivity contribution in [2.24, 2.45) is 0 Å². The number of nitrogens with zero attached hydrogens (tertiary/aromatic N) is 2. The van der Waals surface area contributed by atoms with E-state index in [2.05, 4.69) is 10.4 Å². The number of carbonyl (C=O) groups is 2. The highest BCUT2D eigenvalue weighted by Gasteiger charge is 2.20. The van der Waals surface area contributed by atoms with Gasteiger partial charge in [-0.2, -0.15) is 5.10 Å². The monoisotopic (exact) mass is 453 g/mol. The van der Waals surface area contributed by atoms with Gasteiger partial charge in [-0.05, 0) is 44.0 Å². The normalized spacial score (nSPS) is 10.8. The number of hydrogen-bond acceptors (Lipinski definition) is 7. The number of ether oxygens (including phenoxy) is 3. The fourth-order valence-corrected chi connectivity index (χ4v) is 3.34. The quantitative estimate of drug-likeness (QED) is 0.496. The number of nitrogens with one attached hydrogen (secondary N) is 1. The first-order valence-corrected chi connectivity index (χ1v) is 10.5. The average Bonchev–Trinajstić information content (AvgIpc) is 2.82.